The number of aliphatic carboxylic acids is 3. The number of carbonyl (C=O) groups is 8. The first-order chi connectivity index (χ1) is 22.8. The monoisotopic (exact) mass is 685 g/mol. The summed E-state index contributed by atoms with van der Waals surface area (Å²) >= 11 is 0. The maximum absolute atomic E-state index is 12.9. The molecule has 1 rings (SSSR count). The fraction of sp³-hybridized carbons (Fsp3) is 0.643. The Bertz CT molecular complexity index is 1140. The van der Waals surface area contributed by atoms with E-state index in [4.69, 9.17) is 15.3 Å². The highest BCUT2D eigenvalue weighted by molar-refractivity contribution is 5.86. The third-order valence-corrected chi connectivity index (χ3v) is 6.81. The lowest BCUT2D eigenvalue weighted by Crippen LogP contribution is -2.53. The van der Waals surface area contributed by atoms with Gasteiger partial charge >= 0.3 is 17.9 Å². The Balaban J connectivity index is 3.12. The molecule has 0 spiro atoms. The predicted octanol–water partition coefficient (Wildman–Crippen LogP) is -5.33. The van der Waals surface area contributed by atoms with Crippen LogP contribution in [-0.4, -0.2) is 182 Å². The second-order valence-electron chi connectivity index (χ2n) is 10.9. The Kier molecular flexibility index (Phi) is 20.4. The van der Waals surface area contributed by atoms with Gasteiger partial charge in [0, 0.05) is 71.4 Å². The number of hydrogen-bond acceptors (Lipinski definition) is 12. The van der Waals surface area contributed by atoms with Gasteiger partial charge in [-0.3, -0.25) is 53.1 Å². The molecule has 1 saturated heterocycles. The van der Waals surface area contributed by atoms with E-state index in [9.17, 15) is 38.4 Å². The van der Waals surface area contributed by atoms with E-state index in [1.165, 1.54) is 0 Å². The molecule has 1 atom stereocenters. The van der Waals surface area contributed by atoms with Gasteiger partial charge in [-0.25, -0.2) is 0 Å². The average molecular weight is 686 g/mol. The lowest BCUT2D eigenvalue weighted by molar-refractivity contribution is -0.138. The second-order valence-corrected chi connectivity index (χ2v) is 10.9. The maximum atomic E-state index is 12.9. The minimum atomic E-state index is -1.22. The number of rotatable bonds is 19. The quantitative estimate of drug-likeness (QED) is 0.0454. The van der Waals surface area contributed by atoms with Crippen LogP contribution in [0.15, 0.2) is 12.7 Å². The van der Waals surface area contributed by atoms with Crippen LogP contribution in [0.3, 0.4) is 0 Å². The predicted molar refractivity (Wildman–Crippen MR) is 168 cm³/mol. The van der Waals surface area contributed by atoms with Crippen molar-refractivity contribution in [1.82, 2.24) is 46.6 Å². The molecule has 1 aliphatic rings. The lowest BCUT2D eigenvalue weighted by atomic mass is 10.1. The molecule has 20 nitrogen and oxygen atoms in total. The van der Waals surface area contributed by atoms with E-state index < -0.39 is 61.3 Å². The van der Waals surface area contributed by atoms with Crippen molar-refractivity contribution >= 4 is 47.4 Å². The van der Waals surface area contributed by atoms with Crippen molar-refractivity contribution in [2.75, 3.05) is 98.2 Å². The SMILES string of the molecule is C=CC(=O)NCCCNC(=O)CN1CCN(CC(=O)NCC(=O)O)CCN(CC(=O)NCC(=O)O)CCNC(CC(=O)NCC(=O)O)C1. The van der Waals surface area contributed by atoms with Gasteiger partial charge in [-0.2, -0.15) is 0 Å². The first-order valence-corrected chi connectivity index (χ1v) is 15.3. The van der Waals surface area contributed by atoms with Crippen molar-refractivity contribution in [1.29, 1.82) is 0 Å². The second kappa shape index (κ2) is 23.6. The van der Waals surface area contributed by atoms with Crippen molar-refractivity contribution < 1.29 is 53.7 Å². The van der Waals surface area contributed by atoms with Crippen LogP contribution < -0.4 is 31.9 Å². The van der Waals surface area contributed by atoms with Crippen molar-refractivity contribution in [2.24, 2.45) is 0 Å². The highest BCUT2D eigenvalue weighted by atomic mass is 16.4. The first-order valence-electron chi connectivity index (χ1n) is 15.3. The third-order valence-electron chi connectivity index (χ3n) is 6.81. The Morgan fingerprint density at radius 1 is 0.625 bits per heavy atom. The minimum Gasteiger partial charge on any atom is -0.480 e. The molecular formula is C28H47N9O11. The number of carbonyl (C=O) groups excluding carboxylic acids is 5. The van der Waals surface area contributed by atoms with Gasteiger partial charge in [-0.1, -0.05) is 6.58 Å². The van der Waals surface area contributed by atoms with Gasteiger partial charge in [0.2, 0.25) is 29.5 Å². The standard InChI is InChI=1S/C28H47N9O11/c1-2-21(38)30-4-3-5-31-23(40)19-37-11-10-36(18-25(42)34-15-28(47)48)9-8-35(17-24(41)33-14-27(45)46)7-6-29-20(16-37)12-22(39)32-13-26(43)44/h2,20,29H,1,3-19H2,(H,30,38)(H,31,40)(H,32,39)(H,33,41)(H,34,42)(H,43,44)(H,45,46)(H,47,48). The molecule has 9 N–H and O–H groups in total. The summed E-state index contributed by atoms with van der Waals surface area (Å²) in [5, 5.41) is 42.3. The van der Waals surface area contributed by atoms with Gasteiger partial charge in [-0.05, 0) is 12.5 Å². The molecule has 0 aliphatic carbocycles. The van der Waals surface area contributed by atoms with Crippen LogP contribution in [0.5, 0.6) is 0 Å². The number of carboxylic acid groups (broad SMARTS) is 3. The topological polar surface area (TPSA) is 279 Å². The number of amides is 5. The Morgan fingerprint density at radius 3 is 1.58 bits per heavy atom. The van der Waals surface area contributed by atoms with Gasteiger partial charge < -0.3 is 47.2 Å². The van der Waals surface area contributed by atoms with Crippen LogP contribution in [0.1, 0.15) is 12.8 Å². The fourth-order valence-electron chi connectivity index (χ4n) is 4.48. The third kappa shape index (κ3) is 21.2. The van der Waals surface area contributed by atoms with E-state index in [2.05, 4.69) is 38.5 Å². The molecule has 1 unspecified atom stereocenters. The van der Waals surface area contributed by atoms with Crippen molar-refractivity contribution in [3.63, 3.8) is 0 Å². The Morgan fingerprint density at radius 2 is 1.06 bits per heavy atom. The van der Waals surface area contributed by atoms with Gasteiger partial charge in [0.25, 0.3) is 0 Å². The molecule has 0 aromatic carbocycles. The summed E-state index contributed by atoms with van der Waals surface area (Å²) in [6, 6.07) is -0.574. The molecule has 1 aliphatic heterocycles. The van der Waals surface area contributed by atoms with E-state index in [1.807, 2.05) is 0 Å². The largest absolute Gasteiger partial charge is 0.480 e. The first kappa shape index (κ1) is 41.4. The zero-order valence-corrected chi connectivity index (χ0v) is 26.8. The van der Waals surface area contributed by atoms with Gasteiger partial charge in [0.05, 0.1) is 19.6 Å². The summed E-state index contributed by atoms with van der Waals surface area (Å²) < 4.78 is 0. The molecule has 0 bridgehead atoms. The fourth-order valence-corrected chi connectivity index (χ4v) is 4.48. The molecule has 0 aromatic rings. The highest BCUT2D eigenvalue weighted by Gasteiger charge is 2.23. The summed E-state index contributed by atoms with van der Waals surface area (Å²) in [5.41, 5.74) is 0. The van der Waals surface area contributed by atoms with Crippen molar-refractivity contribution in [2.45, 2.75) is 18.9 Å². The molecule has 270 valence electrons. The Labute approximate surface area is 277 Å². The summed E-state index contributed by atoms with van der Waals surface area (Å²) in [7, 11) is 0. The zero-order chi connectivity index (χ0) is 35.9. The number of nitrogens with one attached hydrogen (secondary N) is 6. The molecule has 0 aromatic heterocycles. The minimum absolute atomic E-state index is 0.0944. The summed E-state index contributed by atoms with van der Waals surface area (Å²) in [6.07, 6.45) is 1.45. The number of hydrogen-bond donors (Lipinski definition) is 9. The van der Waals surface area contributed by atoms with Crippen LogP contribution in [0.4, 0.5) is 0 Å². The maximum Gasteiger partial charge on any atom is 0.322 e. The number of carboxylic acids is 3. The van der Waals surface area contributed by atoms with Crippen molar-refractivity contribution in [3.8, 4) is 0 Å². The van der Waals surface area contributed by atoms with Crippen molar-refractivity contribution in [3.05, 3.63) is 12.7 Å². The molecule has 0 saturated carbocycles. The van der Waals surface area contributed by atoms with Gasteiger partial charge in [0.15, 0.2) is 0 Å². The van der Waals surface area contributed by atoms with Crippen LogP contribution in [0.25, 0.3) is 0 Å². The van der Waals surface area contributed by atoms with Crippen LogP contribution in [0, 0.1) is 0 Å². The molecule has 5 amide bonds. The van der Waals surface area contributed by atoms with Crippen LogP contribution >= 0.6 is 0 Å². The van der Waals surface area contributed by atoms with E-state index in [-0.39, 0.29) is 90.2 Å². The van der Waals surface area contributed by atoms with E-state index in [0.29, 0.717) is 13.0 Å². The Hall–Kier alpha value is -4.66. The molecule has 0 radical (unpaired) electrons. The zero-order valence-electron chi connectivity index (χ0n) is 26.8. The average Bonchev–Trinajstić information content (AvgIpc) is 3.01. The van der Waals surface area contributed by atoms with Crippen LogP contribution in [-0.2, 0) is 38.4 Å². The number of nitrogens with zero attached hydrogens (tertiary/aromatic N) is 3. The van der Waals surface area contributed by atoms with Gasteiger partial charge in [0.1, 0.15) is 19.6 Å². The summed E-state index contributed by atoms with van der Waals surface area (Å²) in [6.45, 7) is 3.40. The van der Waals surface area contributed by atoms with E-state index in [1.54, 1.807) is 14.7 Å². The van der Waals surface area contributed by atoms with E-state index in [0.717, 1.165) is 6.08 Å². The van der Waals surface area contributed by atoms with Crippen LogP contribution in [0.2, 0.25) is 0 Å². The molecule has 20 heteroatoms. The lowest BCUT2D eigenvalue weighted by Gasteiger charge is -2.33. The molecule has 1 heterocycles. The molecule has 48 heavy (non-hydrogen) atoms. The highest BCUT2D eigenvalue weighted by Crippen LogP contribution is 2.03. The molecule has 1 fully saturated rings. The van der Waals surface area contributed by atoms with E-state index >= 15 is 0 Å². The normalized spacial score (nSPS) is 16.6. The summed E-state index contributed by atoms with van der Waals surface area (Å²) in [4.78, 5) is 99.6. The molecular weight excluding hydrogens is 638 g/mol. The van der Waals surface area contributed by atoms with Gasteiger partial charge in [-0.15, -0.1) is 0 Å². The summed E-state index contributed by atoms with van der Waals surface area (Å²) in [5.74, 6) is -5.97. The smallest absolute Gasteiger partial charge is 0.322 e.